The van der Waals surface area contributed by atoms with Crippen LogP contribution in [0.25, 0.3) is 0 Å². The maximum atomic E-state index is 11.3. The number of esters is 1. The van der Waals surface area contributed by atoms with Gasteiger partial charge in [-0.2, -0.15) is 0 Å². The molecule has 0 radical (unpaired) electrons. The predicted molar refractivity (Wildman–Crippen MR) is 76.2 cm³/mol. The van der Waals surface area contributed by atoms with E-state index in [4.69, 9.17) is 4.74 Å². The van der Waals surface area contributed by atoms with Gasteiger partial charge in [-0.25, -0.2) is 0 Å². The van der Waals surface area contributed by atoms with E-state index in [2.05, 4.69) is 4.74 Å². The van der Waals surface area contributed by atoms with Crippen LogP contribution in [0.2, 0.25) is 0 Å². The first kappa shape index (κ1) is 16.3. The summed E-state index contributed by atoms with van der Waals surface area (Å²) in [5.74, 6) is 0.363. The maximum absolute atomic E-state index is 11.3. The molecule has 0 heterocycles. The van der Waals surface area contributed by atoms with Crippen LogP contribution in [0.3, 0.4) is 0 Å². The van der Waals surface area contributed by atoms with E-state index in [-0.39, 0.29) is 17.6 Å². The monoisotopic (exact) mass is 299 g/mol. The fraction of sp³-hybridized carbons (Fsp3) is 0.462. The summed E-state index contributed by atoms with van der Waals surface area (Å²) in [5.41, 5.74) is -0.0239. The Morgan fingerprint density at radius 1 is 1.45 bits per heavy atom. The smallest absolute Gasteiger partial charge is 0.309 e. The minimum Gasteiger partial charge on any atom is -0.494 e. The van der Waals surface area contributed by atoms with Gasteiger partial charge in [0.1, 0.15) is 5.75 Å². The summed E-state index contributed by atoms with van der Waals surface area (Å²) in [6.07, 6.45) is 0. The summed E-state index contributed by atoms with van der Waals surface area (Å²) < 4.78 is 9.94. The third-order valence-corrected chi connectivity index (χ3v) is 3.73. The van der Waals surface area contributed by atoms with E-state index in [0.29, 0.717) is 23.0 Å². The van der Waals surface area contributed by atoms with Gasteiger partial charge < -0.3 is 9.47 Å². The van der Waals surface area contributed by atoms with Gasteiger partial charge >= 0.3 is 5.97 Å². The van der Waals surface area contributed by atoms with Crippen molar-refractivity contribution in [1.29, 1.82) is 0 Å². The Bertz CT molecular complexity index is 492. The van der Waals surface area contributed by atoms with Gasteiger partial charge in [0.05, 0.1) is 30.6 Å². The van der Waals surface area contributed by atoms with Crippen molar-refractivity contribution in [3.63, 3.8) is 0 Å². The molecular formula is C13H17NO5S. The number of methoxy groups -OCH3 is 1. The molecule has 0 bridgehead atoms. The number of ether oxygens (including phenoxy) is 2. The Kier molecular flexibility index (Phi) is 6.30. The Morgan fingerprint density at radius 2 is 2.15 bits per heavy atom. The molecule has 6 nitrogen and oxygen atoms in total. The molecule has 110 valence electrons. The summed E-state index contributed by atoms with van der Waals surface area (Å²) in [7, 11) is 1.34. The van der Waals surface area contributed by atoms with Gasteiger partial charge in [-0.15, -0.1) is 11.8 Å². The highest BCUT2D eigenvalue weighted by molar-refractivity contribution is 7.99. The van der Waals surface area contributed by atoms with Gasteiger partial charge in [-0.1, -0.05) is 6.92 Å². The molecule has 0 aromatic heterocycles. The van der Waals surface area contributed by atoms with Gasteiger partial charge in [0.25, 0.3) is 5.69 Å². The molecule has 0 aliphatic carbocycles. The molecular weight excluding hydrogens is 282 g/mol. The topological polar surface area (TPSA) is 78.7 Å². The molecule has 1 rings (SSSR count). The second kappa shape index (κ2) is 7.74. The molecule has 0 saturated carbocycles. The van der Waals surface area contributed by atoms with Crippen LogP contribution in [-0.2, 0) is 9.53 Å². The summed E-state index contributed by atoms with van der Waals surface area (Å²) >= 11 is 1.36. The van der Waals surface area contributed by atoms with E-state index in [1.54, 1.807) is 13.0 Å². The van der Waals surface area contributed by atoms with Crippen LogP contribution >= 0.6 is 11.8 Å². The van der Waals surface area contributed by atoms with Gasteiger partial charge in [-0.05, 0) is 13.0 Å². The minimum atomic E-state index is -0.462. The number of nitro benzene ring substituents is 1. The largest absolute Gasteiger partial charge is 0.494 e. The molecule has 1 atom stereocenters. The molecule has 0 fully saturated rings. The summed E-state index contributed by atoms with van der Waals surface area (Å²) in [6, 6.07) is 4.58. The Morgan fingerprint density at radius 3 is 2.70 bits per heavy atom. The highest BCUT2D eigenvalue weighted by Crippen LogP contribution is 2.30. The highest BCUT2D eigenvalue weighted by Gasteiger charge is 2.15. The highest BCUT2D eigenvalue weighted by atomic mass is 32.2. The number of benzene rings is 1. The average Bonchev–Trinajstić information content (AvgIpc) is 2.43. The molecule has 1 unspecified atom stereocenters. The first-order valence-electron chi connectivity index (χ1n) is 6.10. The van der Waals surface area contributed by atoms with Gasteiger partial charge in [0, 0.05) is 16.7 Å². The van der Waals surface area contributed by atoms with E-state index in [0.717, 1.165) is 0 Å². The molecule has 0 aliphatic rings. The number of hydrogen-bond acceptors (Lipinski definition) is 6. The summed E-state index contributed by atoms with van der Waals surface area (Å²) in [4.78, 5) is 22.4. The van der Waals surface area contributed by atoms with Crippen LogP contribution in [0.5, 0.6) is 5.75 Å². The van der Waals surface area contributed by atoms with Crippen molar-refractivity contribution in [2.45, 2.75) is 18.7 Å². The zero-order valence-corrected chi connectivity index (χ0v) is 12.4. The van der Waals surface area contributed by atoms with Crippen LogP contribution in [0.15, 0.2) is 23.1 Å². The first-order valence-corrected chi connectivity index (χ1v) is 7.09. The van der Waals surface area contributed by atoms with Crippen LogP contribution in [0, 0.1) is 16.0 Å². The van der Waals surface area contributed by atoms with Crippen molar-refractivity contribution >= 4 is 23.4 Å². The number of non-ortho nitro benzene ring substituents is 1. The van der Waals surface area contributed by atoms with Crippen molar-refractivity contribution in [3.05, 3.63) is 28.3 Å². The molecule has 0 saturated heterocycles. The zero-order chi connectivity index (χ0) is 15.1. The third-order valence-electron chi connectivity index (χ3n) is 2.49. The Balaban J connectivity index is 2.83. The number of carbonyl (C=O) groups is 1. The first-order chi connectivity index (χ1) is 9.47. The molecule has 0 spiro atoms. The normalized spacial score (nSPS) is 11.8. The lowest BCUT2D eigenvalue weighted by Crippen LogP contribution is -2.14. The maximum Gasteiger partial charge on any atom is 0.309 e. The van der Waals surface area contributed by atoms with Crippen LogP contribution in [-0.4, -0.2) is 30.4 Å². The fourth-order valence-corrected chi connectivity index (χ4v) is 2.47. The molecule has 1 aromatic carbocycles. The lowest BCUT2D eigenvalue weighted by atomic mass is 10.2. The molecule has 0 aliphatic heterocycles. The quantitative estimate of drug-likeness (QED) is 0.333. The van der Waals surface area contributed by atoms with Crippen molar-refractivity contribution in [3.8, 4) is 5.75 Å². The van der Waals surface area contributed by atoms with Gasteiger partial charge in [0.15, 0.2) is 0 Å². The van der Waals surface area contributed by atoms with E-state index in [1.165, 1.54) is 31.0 Å². The summed E-state index contributed by atoms with van der Waals surface area (Å²) in [6.45, 7) is 3.99. The van der Waals surface area contributed by atoms with Crippen molar-refractivity contribution in [1.82, 2.24) is 0 Å². The second-order valence-corrected chi connectivity index (χ2v) is 5.18. The molecule has 7 heteroatoms. The Hall–Kier alpha value is -1.76. The number of nitro groups is 1. The number of nitrogens with zero attached hydrogens (tertiary/aromatic N) is 1. The Labute approximate surface area is 121 Å². The third kappa shape index (κ3) is 4.73. The summed E-state index contributed by atoms with van der Waals surface area (Å²) in [5, 5.41) is 10.9. The zero-order valence-electron chi connectivity index (χ0n) is 11.6. The van der Waals surface area contributed by atoms with Crippen LogP contribution in [0.4, 0.5) is 5.69 Å². The standard InChI is InChI=1S/C13H17NO5S/c1-4-19-11-5-10(14(16)17)6-12(7-11)20-8-9(2)13(15)18-3/h5-7,9H,4,8H2,1-3H3. The molecule has 0 amide bonds. The van der Waals surface area contributed by atoms with Crippen LogP contribution < -0.4 is 4.74 Å². The number of hydrogen-bond donors (Lipinski definition) is 0. The van der Waals surface area contributed by atoms with E-state index < -0.39 is 4.92 Å². The number of rotatable bonds is 7. The lowest BCUT2D eigenvalue weighted by Gasteiger charge is -2.10. The van der Waals surface area contributed by atoms with Gasteiger partial charge in [-0.3, -0.25) is 14.9 Å². The average molecular weight is 299 g/mol. The predicted octanol–water partition coefficient (Wildman–Crippen LogP) is 2.89. The lowest BCUT2D eigenvalue weighted by molar-refractivity contribution is -0.385. The van der Waals surface area contributed by atoms with Crippen molar-refractivity contribution in [2.24, 2.45) is 5.92 Å². The number of carbonyl (C=O) groups excluding carboxylic acids is 1. The van der Waals surface area contributed by atoms with Crippen molar-refractivity contribution in [2.75, 3.05) is 19.5 Å². The van der Waals surface area contributed by atoms with E-state index >= 15 is 0 Å². The van der Waals surface area contributed by atoms with E-state index in [9.17, 15) is 14.9 Å². The second-order valence-electron chi connectivity index (χ2n) is 4.09. The number of thioether (sulfide) groups is 1. The SMILES string of the molecule is CCOc1cc(SCC(C)C(=O)OC)cc([N+](=O)[O-])c1. The van der Waals surface area contributed by atoms with Crippen molar-refractivity contribution < 1.29 is 19.2 Å². The minimum absolute atomic E-state index is 0.0239. The molecule has 0 N–H and O–H groups in total. The molecule has 1 aromatic rings. The fourth-order valence-electron chi connectivity index (χ4n) is 1.49. The van der Waals surface area contributed by atoms with Crippen LogP contribution in [0.1, 0.15) is 13.8 Å². The van der Waals surface area contributed by atoms with Gasteiger partial charge in [0.2, 0.25) is 0 Å². The van der Waals surface area contributed by atoms with E-state index in [1.807, 2.05) is 6.92 Å². The molecule has 20 heavy (non-hydrogen) atoms.